The first-order chi connectivity index (χ1) is 9.59. The fraction of sp³-hybridized carbons (Fsp3) is 0.824. The Labute approximate surface area is 134 Å². The van der Waals surface area contributed by atoms with Crippen LogP contribution in [0.3, 0.4) is 0 Å². The molecule has 0 aliphatic heterocycles. The maximum absolute atomic E-state index is 2.35. The molecule has 1 aromatic rings. The summed E-state index contributed by atoms with van der Waals surface area (Å²) in [5.74, 6) is 0. The number of aryl methyl sites for hydroxylation is 2. The van der Waals surface area contributed by atoms with Crippen LogP contribution in [0.1, 0.15) is 69.1 Å². The molecule has 0 unspecified atom stereocenters. The lowest BCUT2D eigenvalue weighted by Gasteiger charge is -2.25. The van der Waals surface area contributed by atoms with Gasteiger partial charge >= 0.3 is 0 Å². The van der Waals surface area contributed by atoms with Gasteiger partial charge in [0.05, 0.1) is 3.57 Å². The third-order valence-electron chi connectivity index (χ3n) is 4.18. The maximum atomic E-state index is 2.35. The first kappa shape index (κ1) is 18.5. The van der Waals surface area contributed by atoms with Crippen molar-refractivity contribution in [1.29, 1.82) is 0 Å². The molecule has 0 N–H and O–H groups in total. The summed E-state index contributed by atoms with van der Waals surface area (Å²) in [4.78, 5) is 3.14. The molecule has 0 saturated carbocycles. The minimum atomic E-state index is -0.867. The van der Waals surface area contributed by atoms with E-state index in [9.17, 15) is 0 Å². The number of hydrogen-bond donors (Lipinski definition) is 0. The SMILES string of the molecule is CCCCP(CCCC)(CCCC)=c1sc(C)c(C)s1. The Morgan fingerprint density at radius 1 is 0.700 bits per heavy atom. The van der Waals surface area contributed by atoms with Crippen molar-refractivity contribution in [3.8, 4) is 0 Å². The van der Waals surface area contributed by atoms with Crippen molar-refractivity contribution in [3.63, 3.8) is 0 Å². The summed E-state index contributed by atoms with van der Waals surface area (Å²) in [6.45, 7) is 10.8. The standard InChI is InChI=1S/C17H33PS2/c1-6-9-12-18(13-10-7-2,14-11-8-3)17-19-15(4)16(5)20-17/h6-14H2,1-5H3. The first-order valence-corrected chi connectivity index (χ1v) is 12.3. The molecule has 0 amide bonds. The van der Waals surface area contributed by atoms with Gasteiger partial charge in [-0.25, -0.2) is 0 Å². The van der Waals surface area contributed by atoms with Gasteiger partial charge in [0.15, 0.2) is 0 Å². The molecule has 1 aromatic heterocycles. The van der Waals surface area contributed by atoms with Crippen molar-refractivity contribution in [1.82, 2.24) is 0 Å². The zero-order chi connectivity index (χ0) is 15.0. The van der Waals surface area contributed by atoms with E-state index in [-0.39, 0.29) is 0 Å². The van der Waals surface area contributed by atoms with E-state index in [0.29, 0.717) is 0 Å². The highest BCUT2D eigenvalue weighted by Crippen LogP contribution is 2.56. The third-order valence-corrected chi connectivity index (χ3v) is 13.5. The van der Waals surface area contributed by atoms with Gasteiger partial charge in [-0.3, -0.25) is 0 Å². The summed E-state index contributed by atoms with van der Waals surface area (Å²) in [7, 11) is 0. The largest absolute Gasteiger partial charge is 0.129 e. The molecule has 1 heterocycles. The van der Waals surface area contributed by atoms with Gasteiger partial charge in [0.2, 0.25) is 0 Å². The molecule has 0 radical (unpaired) electrons. The fourth-order valence-electron chi connectivity index (χ4n) is 2.61. The average molecular weight is 333 g/mol. The monoisotopic (exact) mass is 332 g/mol. The molecule has 0 spiro atoms. The highest BCUT2D eigenvalue weighted by molar-refractivity contribution is 7.73. The van der Waals surface area contributed by atoms with Crippen molar-refractivity contribution in [2.75, 3.05) is 18.5 Å². The Balaban J connectivity index is 3.29. The van der Waals surface area contributed by atoms with E-state index < -0.39 is 6.89 Å². The van der Waals surface area contributed by atoms with Crippen molar-refractivity contribution in [2.45, 2.75) is 73.1 Å². The summed E-state index contributed by atoms with van der Waals surface area (Å²) in [6, 6.07) is 0. The molecule has 0 fully saturated rings. The second-order valence-electron chi connectivity index (χ2n) is 5.96. The van der Waals surface area contributed by atoms with Crippen LogP contribution in [0, 0.1) is 17.4 Å². The van der Waals surface area contributed by atoms with Crippen LogP contribution in [-0.4, -0.2) is 18.5 Å². The van der Waals surface area contributed by atoms with Crippen LogP contribution in [0.5, 0.6) is 0 Å². The van der Waals surface area contributed by atoms with Crippen molar-refractivity contribution in [2.24, 2.45) is 0 Å². The van der Waals surface area contributed by atoms with E-state index in [1.54, 1.807) is 9.75 Å². The first-order valence-electron chi connectivity index (χ1n) is 8.36. The number of unbranched alkanes of at least 4 members (excludes halogenated alkanes) is 3. The molecular weight excluding hydrogens is 299 g/mol. The van der Waals surface area contributed by atoms with Gasteiger partial charge < -0.3 is 0 Å². The van der Waals surface area contributed by atoms with Crippen LogP contribution in [0.25, 0.3) is 0 Å². The molecule has 0 aliphatic rings. The lowest BCUT2D eigenvalue weighted by atomic mass is 10.4. The number of hydrogen-bond acceptors (Lipinski definition) is 2. The molecule has 0 atom stereocenters. The topological polar surface area (TPSA) is 0 Å². The lowest BCUT2D eigenvalue weighted by Crippen LogP contribution is -2.01. The van der Waals surface area contributed by atoms with Gasteiger partial charge in [-0.1, -0.05) is 46.9 Å². The van der Waals surface area contributed by atoms with Crippen LogP contribution in [0.4, 0.5) is 0 Å². The van der Waals surface area contributed by atoms with Crippen molar-refractivity contribution in [3.05, 3.63) is 13.3 Å². The molecular formula is C17H33PS2. The van der Waals surface area contributed by atoms with Crippen molar-refractivity contribution >= 4 is 29.6 Å². The molecule has 0 nitrogen and oxygen atoms in total. The van der Waals surface area contributed by atoms with Crippen LogP contribution in [-0.2, 0) is 0 Å². The van der Waals surface area contributed by atoms with E-state index in [0.717, 1.165) is 0 Å². The van der Waals surface area contributed by atoms with Gasteiger partial charge in [-0.05, 0) is 51.6 Å². The van der Waals surface area contributed by atoms with E-state index in [4.69, 9.17) is 0 Å². The Hall–Kier alpha value is 0.480. The Morgan fingerprint density at radius 3 is 1.35 bits per heavy atom. The molecule has 0 saturated heterocycles. The predicted octanol–water partition coefficient (Wildman–Crippen LogP) is 7.38. The second-order valence-corrected chi connectivity index (χ2v) is 13.4. The molecule has 0 aromatic carbocycles. The molecule has 1 rings (SSSR count). The number of rotatable bonds is 9. The van der Waals surface area contributed by atoms with E-state index in [1.807, 2.05) is 3.57 Å². The zero-order valence-electron chi connectivity index (χ0n) is 14.1. The zero-order valence-corrected chi connectivity index (χ0v) is 16.7. The van der Waals surface area contributed by atoms with Gasteiger partial charge in [0.1, 0.15) is 0 Å². The lowest BCUT2D eigenvalue weighted by molar-refractivity contribution is 0.843. The van der Waals surface area contributed by atoms with Gasteiger partial charge in [-0.15, -0.1) is 22.7 Å². The van der Waals surface area contributed by atoms with Gasteiger partial charge in [0.25, 0.3) is 0 Å². The Morgan fingerprint density at radius 2 is 1.05 bits per heavy atom. The summed E-state index contributed by atoms with van der Waals surface area (Å²) in [6.07, 6.45) is 12.9. The highest BCUT2D eigenvalue weighted by Gasteiger charge is 2.19. The van der Waals surface area contributed by atoms with E-state index >= 15 is 0 Å². The predicted molar refractivity (Wildman–Crippen MR) is 101 cm³/mol. The van der Waals surface area contributed by atoms with Gasteiger partial charge in [-0.2, -0.15) is 0 Å². The quantitative estimate of drug-likeness (QED) is 0.414. The third kappa shape index (κ3) is 5.04. The Bertz CT molecular complexity index is 417. The maximum Gasteiger partial charge on any atom is 0.0757 e. The van der Waals surface area contributed by atoms with Crippen LogP contribution < -0.4 is 0 Å². The van der Waals surface area contributed by atoms with E-state index in [1.165, 1.54) is 57.0 Å². The molecule has 0 bridgehead atoms. The van der Waals surface area contributed by atoms with E-state index in [2.05, 4.69) is 57.3 Å². The van der Waals surface area contributed by atoms with Crippen LogP contribution in [0.15, 0.2) is 0 Å². The normalized spacial score (nSPS) is 12.1. The molecule has 3 heteroatoms. The summed E-state index contributed by atoms with van der Waals surface area (Å²) < 4.78 is 1.84. The molecule has 0 aliphatic carbocycles. The second kappa shape index (κ2) is 9.49. The molecule has 20 heavy (non-hydrogen) atoms. The summed E-state index contributed by atoms with van der Waals surface area (Å²) >= 11 is 4.28. The minimum Gasteiger partial charge on any atom is -0.129 e. The highest BCUT2D eigenvalue weighted by atomic mass is 32.2. The van der Waals surface area contributed by atoms with Crippen LogP contribution >= 0.6 is 29.6 Å². The smallest absolute Gasteiger partial charge is 0.0757 e. The van der Waals surface area contributed by atoms with Crippen molar-refractivity contribution < 1.29 is 0 Å². The Kier molecular flexibility index (Phi) is 8.79. The summed E-state index contributed by atoms with van der Waals surface area (Å²) in [5, 5.41) is 0. The van der Waals surface area contributed by atoms with Crippen LogP contribution in [0.2, 0.25) is 0 Å². The fourth-order valence-corrected chi connectivity index (χ4v) is 12.6. The van der Waals surface area contributed by atoms with Gasteiger partial charge in [0, 0.05) is 9.75 Å². The minimum absolute atomic E-state index is 0.867. The molecule has 118 valence electrons. The average Bonchev–Trinajstić information content (AvgIpc) is 2.79. The summed E-state index contributed by atoms with van der Waals surface area (Å²) in [5.41, 5.74) is 0.